The minimum atomic E-state index is -4.26. The van der Waals surface area contributed by atoms with E-state index in [1.165, 1.54) is 0 Å². The minimum Gasteiger partial charge on any atom is -0.316 e. The molecule has 0 fully saturated rings. The van der Waals surface area contributed by atoms with E-state index in [-0.39, 0.29) is 12.0 Å². The molecule has 0 spiro atoms. The van der Waals surface area contributed by atoms with Crippen molar-refractivity contribution in [2.24, 2.45) is 0 Å². The zero-order valence-electron chi connectivity index (χ0n) is 10.3. The second-order valence-corrected chi connectivity index (χ2v) is 4.21. The molecular formula is C13H18F3N. The van der Waals surface area contributed by atoms with Gasteiger partial charge in [-0.05, 0) is 37.1 Å². The highest BCUT2D eigenvalue weighted by Gasteiger charge is 2.30. The van der Waals surface area contributed by atoms with E-state index >= 15 is 0 Å². The SMILES string of the molecule is CCC(NC)C(C)c1ccc(C(F)(F)F)cc1. The molecule has 0 heterocycles. The van der Waals surface area contributed by atoms with Crippen LogP contribution in [0.4, 0.5) is 13.2 Å². The van der Waals surface area contributed by atoms with Crippen LogP contribution in [0.2, 0.25) is 0 Å². The van der Waals surface area contributed by atoms with Crippen molar-refractivity contribution in [2.75, 3.05) is 7.05 Å². The van der Waals surface area contributed by atoms with Crippen LogP contribution in [0.5, 0.6) is 0 Å². The summed E-state index contributed by atoms with van der Waals surface area (Å²) in [7, 11) is 1.87. The third kappa shape index (κ3) is 3.46. The van der Waals surface area contributed by atoms with Crippen molar-refractivity contribution in [3.8, 4) is 0 Å². The first kappa shape index (κ1) is 14.0. The fourth-order valence-electron chi connectivity index (χ4n) is 2.02. The maximum absolute atomic E-state index is 12.4. The van der Waals surface area contributed by atoms with Crippen molar-refractivity contribution in [1.82, 2.24) is 5.32 Å². The van der Waals surface area contributed by atoms with Crippen molar-refractivity contribution in [2.45, 2.75) is 38.4 Å². The maximum Gasteiger partial charge on any atom is 0.416 e. The number of alkyl halides is 3. The van der Waals surface area contributed by atoms with Gasteiger partial charge in [-0.15, -0.1) is 0 Å². The van der Waals surface area contributed by atoms with Crippen LogP contribution in [0.15, 0.2) is 24.3 Å². The van der Waals surface area contributed by atoms with Crippen LogP contribution in [0.25, 0.3) is 0 Å². The van der Waals surface area contributed by atoms with Crippen LogP contribution in [-0.2, 0) is 6.18 Å². The zero-order chi connectivity index (χ0) is 13.1. The van der Waals surface area contributed by atoms with E-state index < -0.39 is 11.7 Å². The minimum absolute atomic E-state index is 0.201. The molecule has 0 aliphatic heterocycles. The lowest BCUT2D eigenvalue weighted by molar-refractivity contribution is -0.137. The molecule has 1 aromatic rings. The van der Waals surface area contributed by atoms with Gasteiger partial charge in [0.05, 0.1) is 5.56 Å². The molecule has 1 N–H and O–H groups in total. The van der Waals surface area contributed by atoms with Crippen LogP contribution in [0, 0.1) is 0 Å². The fraction of sp³-hybridized carbons (Fsp3) is 0.538. The van der Waals surface area contributed by atoms with Gasteiger partial charge in [0.15, 0.2) is 0 Å². The molecule has 1 nitrogen and oxygen atoms in total. The van der Waals surface area contributed by atoms with Crippen LogP contribution in [0.3, 0.4) is 0 Å². The molecule has 0 amide bonds. The summed E-state index contributed by atoms with van der Waals surface area (Å²) in [4.78, 5) is 0. The summed E-state index contributed by atoms with van der Waals surface area (Å²) in [6, 6.07) is 5.70. The topological polar surface area (TPSA) is 12.0 Å². The molecule has 2 atom stereocenters. The van der Waals surface area contributed by atoms with Crippen molar-refractivity contribution in [3.63, 3.8) is 0 Å². The first-order valence-electron chi connectivity index (χ1n) is 5.74. The van der Waals surface area contributed by atoms with Crippen LogP contribution < -0.4 is 5.32 Å². The zero-order valence-corrected chi connectivity index (χ0v) is 10.3. The highest BCUT2D eigenvalue weighted by Crippen LogP contribution is 2.30. The van der Waals surface area contributed by atoms with Gasteiger partial charge in [0.2, 0.25) is 0 Å². The second-order valence-electron chi connectivity index (χ2n) is 4.21. The Hall–Kier alpha value is -1.03. The Morgan fingerprint density at radius 2 is 1.71 bits per heavy atom. The monoisotopic (exact) mass is 245 g/mol. The third-order valence-corrected chi connectivity index (χ3v) is 3.18. The molecule has 0 aliphatic rings. The highest BCUT2D eigenvalue weighted by molar-refractivity contribution is 5.27. The summed E-state index contributed by atoms with van der Waals surface area (Å²) in [5.74, 6) is 0.201. The van der Waals surface area contributed by atoms with Gasteiger partial charge in [-0.1, -0.05) is 26.0 Å². The molecule has 0 saturated carbocycles. The molecule has 0 aromatic heterocycles. The molecule has 0 bridgehead atoms. The number of rotatable bonds is 4. The first-order chi connectivity index (χ1) is 7.90. The Labute approximate surface area is 100 Å². The number of likely N-dealkylation sites (N-methyl/N-ethyl adjacent to an activating group) is 1. The standard InChI is InChI=1S/C13H18F3N/c1-4-12(17-3)9(2)10-5-7-11(8-6-10)13(14,15)16/h5-9,12,17H,4H2,1-3H3. The van der Waals surface area contributed by atoms with E-state index in [4.69, 9.17) is 0 Å². The summed E-state index contributed by atoms with van der Waals surface area (Å²) >= 11 is 0. The van der Waals surface area contributed by atoms with Crippen LogP contribution >= 0.6 is 0 Å². The van der Waals surface area contributed by atoms with Gasteiger partial charge >= 0.3 is 6.18 Å². The number of nitrogens with one attached hydrogen (secondary N) is 1. The molecule has 4 heteroatoms. The lowest BCUT2D eigenvalue weighted by Gasteiger charge is -2.22. The predicted molar refractivity (Wildman–Crippen MR) is 63.0 cm³/mol. The highest BCUT2D eigenvalue weighted by atomic mass is 19.4. The van der Waals surface area contributed by atoms with E-state index in [1.54, 1.807) is 12.1 Å². The van der Waals surface area contributed by atoms with Gasteiger partial charge < -0.3 is 5.32 Å². The van der Waals surface area contributed by atoms with E-state index in [0.717, 1.165) is 24.1 Å². The molecule has 0 aliphatic carbocycles. The molecule has 17 heavy (non-hydrogen) atoms. The molecule has 96 valence electrons. The van der Waals surface area contributed by atoms with E-state index in [1.807, 2.05) is 14.0 Å². The third-order valence-electron chi connectivity index (χ3n) is 3.18. The quantitative estimate of drug-likeness (QED) is 0.850. The van der Waals surface area contributed by atoms with Gasteiger partial charge in [0.1, 0.15) is 0 Å². The molecule has 0 radical (unpaired) electrons. The average Bonchev–Trinajstić information content (AvgIpc) is 2.29. The summed E-state index contributed by atoms with van der Waals surface area (Å²) in [5.41, 5.74) is 0.338. The van der Waals surface area contributed by atoms with Crippen molar-refractivity contribution >= 4 is 0 Å². The van der Waals surface area contributed by atoms with E-state index in [9.17, 15) is 13.2 Å². The fourth-order valence-corrected chi connectivity index (χ4v) is 2.02. The van der Waals surface area contributed by atoms with E-state index in [2.05, 4.69) is 12.2 Å². The maximum atomic E-state index is 12.4. The van der Waals surface area contributed by atoms with Crippen molar-refractivity contribution in [3.05, 3.63) is 35.4 Å². The molecule has 0 saturated heterocycles. The Morgan fingerprint density at radius 1 is 1.18 bits per heavy atom. The summed E-state index contributed by atoms with van der Waals surface area (Å²) < 4.78 is 37.2. The summed E-state index contributed by atoms with van der Waals surface area (Å²) in [6.45, 7) is 4.08. The number of halogens is 3. The Balaban J connectivity index is 2.87. The Kier molecular flexibility index (Phi) is 4.57. The number of hydrogen-bond donors (Lipinski definition) is 1. The lowest BCUT2D eigenvalue weighted by atomic mass is 9.91. The largest absolute Gasteiger partial charge is 0.416 e. The smallest absolute Gasteiger partial charge is 0.316 e. The average molecular weight is 245 g/mol. The summed E-state index contributed by atoms with van der Waals surface area (Å²) in [6.07, 6.45) is -3.31. The predicted octanol–water partition coefficient (Wildman–Crippen LogP) is 3.81. The number of benzene rings is 1. The summed E-state index contributed by atoms with van der Waals surface area (Å²) in [5, 5.41) is 3.17. The number of hydrogen-bond acceptors (Lipinski definition) is 1. The molecule has 2 unspecified atom stereocenters. The second kappa shape index (κ2) is 5.54. The van der Waals surface area contributed by atoms with Gasteiger partial charge in [0, 0.05) is 6.04 Å². The van der Waals surface area contributed by atoms with Gasteiger partial charge in [-0.25, -0.2) is 0 Å². The van der Waals surface area contributed by atoms with E-state index in [0.29, 0.717) is 0 Å². The van der Waals surface area contributed by atoms with Crippen LogP contribution in [0.1, 0.15) is 37.3 Å². The van der Waals surface area contributed by atoms with Gasteiger partial charge in [-0.3, -0.25) is 0 Å². The van der Waals surface area contributed by atoms with Gasteiger partial charge in [-0.2, -0.15) is 13.2 Å². The van der Waals surface area contributed by atoms with Crippen LogP contribution in [-0.4, -0.2) is 13.1 Å². The Morgan fingerprint density at radius 3 is 2.06 bits per heavy atom. The first-order valence-corrected chi connectivity index (χ1v) is 5.74. The van der Waals surface area contributed by atoms with Crippen molar-refractivity contribution in [1.29, 1.82) is 0 Å². The molecular weight excluding hydrogens is 227 g/mol. The lowest BCUT2D eigenvalue weighted by Crippen LogP contribution is -2.29. The van der Waals surface area contributed by atoms with Crippen molar-refractivity contribution < 1.29 is 13.2 Å². The van der Waals surface area contributed by atoms with Gasteiger partial charge in [0.25, 0.3) is 0 Å². The molecule has 1 aromatic carbocycles. The normalized spacial score (nSPS) is 15.6. The molecule has 1 rings (SSSR count). The Bertz CT molecular complexity index is 339.